The Balaban J connectivity index is 1.79. The lowest BCUT2D eigenvalue weighted by Gasteiger charge is -2.45. The Labute approximate surface area is 289 Å². The van der Waals surface area contributed by atoms with Gasteiger partial charge < -0.3 is 43.7 Å². The fraction of sp³-hybridized carbons (Fsp3) is 0.944. The number of nitrogens with zero attached hydrogens (tertiary/aromatic N) is 3. The highest BCUT2D eigenvalue weighted by Crippen LogP contribution is 2.36. The third kappa shape index (κ3) is 11.1. The van der Waals surface area contributed by atoms with Crippen molar-refractivity contribution in [2.45, 2.75) is 135 Å². The number of ketones is 1. The number of hydrogen-bond donors (Lipinski definition) is 2. The summed E-state index contributed by atoms with van der Waals surface area (Å²) in [6.45, 7) is 16.9. The lowest BCUT2D eigenvalue weighted by molar-refractivity contribution is -0.289. The Morgan fingerprint density at radius 1 is 1.10 bits per heavy atom. The molecule has 0 radical (unpaired) electrons. The van der Waals surface area contributed by atoms with Crippen LogP contribution in [0.5, 0.6) is 0 Å². The maximum Gasteiger partial charge on any atom is 0.319 e. The van der Waals surface area contributed by atoms with Gasteiger partial charge >= 0.3 is 5.97 Å². The summed E-state index contributed by atoms with van der Waals surface area (Å²) < 4.78 is 30.3. The van der Waals surface area contributed by atoms with E-state index in [1.807, 2.05) is 32.8 Å². The minimum atomic E-state index is -1.40. The lowest BCUT2D eigenvalue weighted by atomic mass is 9.79. The third-order valence-corrected chi connectivity index (χ3v) is 10.9. The fourth-order valence-electron chi connectivity index (χ4n) is 7.63. The second-order valence-corrected chi connectivity index (χ2v) is 16.2. The lowest BCUT2D eigenvalue weighted by Crippen LogP contribution is -2.57. The molecule has 0 saturated carbocycles. The molecule has 3 aliphatic heterocycles. The van der Waals surface area contributed by atoms with Crippen LogP contribution in [0.4, 0.5) is 0 Å². The van der Waals surface area contributed by atoms with Crippen LogP contribution in [-0.4, -0.2) is 152 Å². The number of likely N-dealkylation sites (tertiary alicyclic amines) is 1. The van der Waals surface area contributed by atoms with Crippen LogP contribution in [0.3, 0.4) is 0 Å². The van der Waals surface area contributed by atoms with Gasteiger partial charge in [-0.15, -0.1) is 0 Å². The molecule has 3 rings (SSSR count). The van der Waals surface area contributed by atoms with Gasteiger partial charge in [0.1, 0.15) is 18.1 Å². The van der Waals surface area contributed by atoms with E-state index in [4.69, 9.17) is 23.7 Å². The van der Waals surface area contributed by atoms with Crippen molar-refractivity contribution < 1.29 is 43.5 Å². The number of methoxy groups -OCH3 is 1. The van der Waals surface area contributed by atoms with E-state index in [2.05, 4.69) is 23.8 Å². The molecular weight excluding hydrogens is 618 g/mol. The summed E-state index contributed by atoms with van der Waals surface area (Å²) in [5.41, 5.74) is -2.31. The van der Waals surface area contributed by atoms with Crippen molar-refractivity contribution in [1.29, 1.82) is 0 Å². The van der Waals surface area contributed by atoms with E-state index >= 15 is 0 Å². The maximum absolute atomic E-state index is 14.0. The summed E-state index contributed by atoms with van der Waals surface area (Å²) in [5, 5.41) is 21.1. The molecule has 48 heavy (non-hydrogen) atoms. The number of ether oxygens (including phenoxy) is 5. The van der Waals surface area contributed by atoms with Gasteiger partial charge in [-0.25, -0.2) is 0 Å². The van der Waals surface area contributed by atoms with E-state index in [0.29, 0.717) is 25.4 Å². The maximum atomic E-state index is 14.0. The number of hydrogen-bond acceptors (Lipinski definition) is 12. The largest absolute Gasteiger partial charge is 0.463 e. The van der Waals surface area contributed by atoms with Crippen LogP contribution in [0.25, 0.3) is 0 Å². The first-order valence-electron chi connectivity index (χ1n) is 18.0. The summed E-state index contributed by atoms with van der Waals surface area (Å²) in [5.74, 6) is -1.50. The number of cyclic esters (lactones) is 1. The number of Topliss-reactive ketones (excluding diaryl/α,β-unsaturated/α-hetero) is 1. The van der Waals surface area contributed by atoms with E-state index < -0.39 is 41.3 Å². The number of aliphatic hydroxyl groups excluding tert-OH is 1. The smallest absolute Gasteiger partial charge is 0.319 e. The molecule has 0 aromatic rings. The molecule has 8 atom stereocenters. The predicted molar refractivity (Wildman–Crippen MR) is 183 cm³/mol. The van der Waals surface area contributed by atoms with Crippen molar-refractivity contribution in [2.24, 2.45) is 17.3 Å². The van der Waals surface area contributed by atoms with Crippen molar-refractivity contribution in [3.8, 4) is 0 Å². The van der Waals surface area contributed by atoms with Crippen LogP contribution in [0, 0.1) is 17.3 Å². The minimum Gasteiger partial charge on any atom is -0.463 e. The standard InChI is InChI=1S/C36H67N3O9/c1-24-21-36(7,44-11)30(48-32-31(41)27(37(8)9)19-25(2)47-32)20-29(40)34(3,4)33(42)45-23-28(38(10)22-24)26-13-16-39(17-14-26)15-12-18-46-35(5,6)43/h24-28,30-32,41,43H,12-23H2,1-11H3/t24-,25-,27+,28?,30-,31-,32+,36-/m1/s1. The fourth-order valence-corrected chi connectivity index (χ4v) is 7.63. The quantitative estimate of drug-likeness (QED) is 0.152. The summed E-state index contributed by atoms with van der Waals surface area (Å²) in [6, 6.07) is -0.173. The van der Waals surface area contributed by atoms with Gasteiger partial charge in [-0.05, 0) is 120 Å². The zero-order chi connectivity index (χ0) is 36.0. The Morgan fingerprint density at radius 2 is 1.75 bits per heavy atom. The number of piperidine rings is 1. The second kappa shape index (κ2) is 17.3. The van der Waals surface area contributed by atoms with Gasteiger partial charge in [0, 0.05) is 38.7 Å². The average molecular weight is 686 g/mol. The molecule has 3 heterocycles. The molecule has 0 aromatic carbocycles. The van der Waals surface area contributed by atoms with Crippen molar-refractivity contribution in [3.05, 3.63) is 0 Å². The molecular formula is C36H67N3O9. The van der Waals surface area contributed by atoms with Gasteiger partial charge in [-0.1, -0.05) is 6.92 Å². The molecule has 0 aromatic heterocycles. The van der Waals surface area contributed by atoms with E-state index in [1.54, 1.807) is 34.8 Å². The van der Waals surface area contributed by atoms with Crippen molar-refractivity contribution in [2.75, 3.05) is 67.6 Å². The van der Waals surface area contributed by atoms with Crippen LogP contribution < -0.4 is 0 Å². The molecule has 0 spiro atoms. The zero-order valence-corrected chi connectivity index (χ0v) is 31.7. The van der Waals surface area contributed by atoms with Crippen molar-refractivity contribution in [1.82, 2.24) is 14.7 Å². The highest BCUT2D eigenvalue weighted by Gasteiger charge is 2.48. The van der Waals surface area contributed by atoms with Gasteiger partial charge in [0.05, 0.1) is 24.4 Å². The van der Waals surface area contributed by atoms with Gasteiger partial charge in [0.2, 0.25) is 0 Å². The highest BCUT2D eigenvalue weighted by molar-refractivity contribution is 6.03. The van der Waals surface area contributed by atoms with E-state index in [9.17, 15) is 19.8 Å². The summed E-state index contributed by atoms with van der Waals surface area (Å²) >= 11 is 0. The number of esters is 1. The normalized spacial score (nSPS) is 35.9. The number of carbonyl (C=O) groups excluding carboxylic acids is 2. The van der Waals surface area contributed by atoms with E-state index in [-0.39, 0.29) is 42.9 Å². The summed E-state index contributed by atoms with van der Waals surface area (Å²) in [4.78, 5) is 34.3. The van der Waals surface area contributed by atoms with Gasteiger partial charge in [0.15, 0.2) is 17.9 Å². The van der Waals surface area contributed by atoms with Gasteiger partial charge in [0.25, 0.3) is 0 Å². The monoisotopic (exact) mass is 685 g/mol. The molecule has 1 unspecified atom stereocenters. The minimum absolute atomic E-state index is 0.000171. The Bertz CT molecular complexity index is 1030. The predicted octanol–water partition coefficient (Wildman–Crippen LogP) is 2.92. The molecule has 3 aliphatic rings. The SMILES string of the molecule is CO[C@]1(C)C[C@@H](C)CN(C)C(C2CCN(CCCOC(C)(C)O)CC2)COC(=O)C(C)(C)C(=O)C[C@H]1O[C@@H]1O[C@H](C)C[C@H](N(C)C)[C@H]1O. The summed E-state index contributed by atoms with van der Waals surface area (Å²) in [7, 11) is 7.57. The molecule has 0 bridgehead atoms. The average Bonchev–Trinajstić information content (AvgIpc) is 2.99. The molecule has 3 saturated heterocycles. The van der Waals surface area contributed by atoms with Crippen LogP contribution in [0.15, 0.2) is 0 Å². The second-order valence-electron chi connectivity index (χ2n) is 16.2. The first-order chi connectivity index (χ1) is 22.3. The topological polar surface area (TPSA) is 130 Å². The van der Waals surface area contributed by atoms with Crippen LogP contribution in [0.1, 0.15) is 87.0 Å². The number of likely N-dealkylation sites (N-methyl/N-ethyl adjacent to an activating group) is 2. The van der Waals surface area contributed by atoms with Crippen LogP contribution in [-0.2, 0) is 33.3 Å². The molecule has 12 nitrogen and oxygen atoms in total. The first-order valence-corrected chi connectivity index (χ1v) is 18.0. The number of rotatable bonds is 10. The Hall–Kier alpha value is -1.22. The molecule has 0 aliphatic carbocycles. The molecule has 3 fully saturated rings. The van der Waals surface area contributed by atoms with Gasteiger partial charge in [-0.3, -0.25) is 14.5 Å². The number of carbonyl (C=O) groups is 2. The Kier molecular flexibility index (Phi) is 14.9. The van der Waals surface area contributed by atoms with E-state index in [1.165, 1.54) is 0 Å². The number of aliphatic hydroxyl groups is 2. The van der Waals surface area contributed by atoms with Crippen LogP contribution in [0.2, 0.25) is 0 Å². The van der Waals surface area contributed by atoms with Crippen molar-refractivity contribution in [3.63, 3.8) is 0 Å². The van der Waals surface area contributed by atoms with Crippen LogP contribution >= 0.6 is 0 Å². The highest BCUT2D eigenvalue weighted by atomic mass is 16.7. The third-order valence-electron chi connectivity index (χ3n) is 10.9. The molecule has 2 N–H and O–H groups in total. The first kappa shape index (κ1) is 41.2. The molecule has 0 amide bonds. The Morgan fingerprint density at radius 3 is 2.33 bits per heavy atom. The molecule has 280 valence electrons. The van der Waals surface area contributed by atoms with Crippen molar-refractivity contribution >= 4 is 11.8 Å². The molecule has 12 heteroatoms. The summed E-state index contributed by atoms with van der Waals surface area (Å²) in [6.07, 6.45) is 1.13. The van der Waals surface area contributed by atoms with E-state index in [0.717, 1.165) is 45.4 Å². The zero-order valence-electron chi connectivity index (χ0n) is 31.7. The van der Waals surface area contributed by atoms with Gasteiger partial charge in [-0.2, -0.15) is 0 Å².